The summed E-state index contributed by atoms with van der Waals surface area (Å²) in [7, 11) is -3.36. The number of amides is 1. The van der Waals surface area contributed by atoms with E-state index in [9.17, 15) is 18.3 Å². The van der Waals surface area contributed by atoms with Crippen LogP contribution >= 0.6 is 0 Å². The van der Waals surface area contributed by atoms with Gasteiger partial charge in [-0.2, -0.15) is 4.31 Å². The number of carbonyl (C=O) groups is 1. The number of aliphatic hydroxyl groups is 1. The van der Waals surface area contributed by atoms with Gasteiger partial charge in [0.05, 0.1) is 12.4 Å². The summed E-state index contributed by atoms with van der Waals surface area (Å²) >= 11 is 0. The van der Waals surface area contributed by atoms with E-state index in [1.165, 1.54) is 4.31 Å². The van der Waals surface area contributed by atoms with Crippen molar-refractivity contribution in [2.75, 3.05) is 19.3 Å². The molecule has 1 amide bonds. The molecule has 0 radical (unpaired) electrons. The summed E-state index contributed by atoms with van der Waals surface area (Å²) in [6.07, 6.45) is 4.21. The van der Waals surface area contributed by atoms with Crippen LogP contribution in [0.5, 0.6) is 0 Å². The van der Waals surface area contributed by atoms with Gasteiger partial charge in [0, 0.05) is 13.1 Å². The standard InChI is InChI=1S/C12H24N2O4S/c1-3-6-10(15)9-13-12(16)11-7-4-5-8-14(11)19(2,17)18/h10-11,15H,3-9H2,1-2H3,(H,13,16). The van der Waals surface area contributed by atoms with Crippen LogP contribution < -0.4 is 5.32 Å². The summed E-state index contributed by atoms with van der Waals surface area (Å²) in [5.41, 5.74) is 0. The Balaban J connectivity index is 2.58. The van der Waals surface area contributed by atoms with Gasteiger partial charge < -0.3 is 10.4 Å². The Morgan fingerprint density at radius 1 is 1.47 bits per heavy atom. The van der Waals surface area contributed by atoms with Crippen LogP contribution in [0.1, 0.15) is 39.0 Å². The Labute approximate surface area is 115 Å². The van der Waals surface area contributed by atoms with Crippen molar-refractivity contribution in [3.8, 4) is 0 Å². The van der Waals surface area contributed by atoms with Crippen LogP contribution in [0.2, 0.25) is 0 Å². The van der Waals surface area contributed by atoms with Crippen molar-refractivity contribution in [1.82, 2.24) is 9.62 Å². The highest BCUT2D eigenvalue weighted by Crippen LogP contribution is 2.19. The van der Waals surface area contributed by atoms with Crippen molar-refractivity contribution < 1.29 is 18.3 Å². The van der Waals surface area contributed by atoms with Gasteiger partial charge in [0.25, 0.3) is 0 Å². The van der Waals surface area contributed by atoms with E-state index in [0.717, 1.165) is 25.5 Å². The van der Waals surface area contributed by atoms with Crippen LogP contribution in [0.25, 0.3) is 0 Å². The van der Waals surface area contributed by atoms with Crippen LogP contribution in [0.15, 0.2) is 0 Å². The average molecular weight is 292 g/mol. The number of hydrogen-bond donors (Lipinski definition) is 2. The number of piperidine rings is 1. The third-order valence-corrected chi connectivity index (χ3v) is 4.61. The van der Waals surface area contributed by atoms with Crippen molar-refractivity contribution in [1.29, 1.82) is 0 Å². The molecule has 0 aliphatic carbocycles. The summed E-state index contributed by atoms with van der Waals surface area (Å²) in [6.45, 7) is 2.53. The lowest BCUT2D eigenvalue weighted by Crippen LogP contribution is -2.52. The minimum absolute atomic E-state index is 0.181. The van der Waals surface area contributed by atoms with Gasteiger partial charge in [-0.1, -0.05) is 19.8 Å². The largest absolute Gasteiger partial charge is 0.391 e. The van der Waals surface area contributed by atoms with E-state index in [1.54, 1.807) is 0 Å². The first-order valence-corrected chi connectivity index (χ1v) is 8.63. The molecule has 0 saturated carbocycles. The van der Waals surface area contributed by atoms with Gasteiger partial charge in [0.2, 0.25) is 15.9 Å². The molecule has 2 atom stereocenters. The van der Waals surface area contributed by atoms with Gasteiger partial charge in [-0.15, -0.1) is 0 Å². The fourth-order valence-electron chi connectivity index (χ4n) is 2.34. The lowest BCUT2D eigenvalue weighted by molar-refractivity contribution is -0.126. The summed E-state index contributed by atoms with van der Waals surface area (Å²) < 4.78 is 24.5. The first kappa shape index (κ1) is 16.4. The second-order valence-electron chi connectivity index (χ2n) is 5.07. The Kier molecular flexibility index (Phi) is 6.22. The smallest absolute Gasteiger partial charge is 0.238 e. The molecular weight excluding hydrogens is 268 g/mol. The topological polar surface area (TPSA) is 86.7 Å². The van der Waals surface area contributed by atoms with Crippen LogP contribution in [-0.2, 0) is 14.8 Å². The zero-order chi connectivity index (χ0) is 14.5. The molecule has 2 N–H and O–H groups in total. The molecule has 1 aliphatic rings. The molecule has 0 bridgehead atoms. The molecular formula is C12H24N2O4S. The summed E-state index contributed by atoms with van der Waals surface area (Å²) in [5.74, 6) is -0.305. The summed E-state index contributed by atoms with van der Waals surface area (Å²) in [5, 5.41) is 12.2. The van der Waals surface area contributed by atoms with Gasteiger partial charge in [-0.25, -0.2) is 8.42 Å². The lowest BCUT2D eigenvalue weighted by atomic mass is 10.0. The number of carbonyl (C=O) groups excluding carboxylic acids is 1. The highest BCUT2D eigenvalue weighted by molar-refractivity contribution is 7.88. The zero-order valence-electron chi connectivity index (χ0n) is 11.6. The van der Waals surface area contributed by atoms with E-state index >= 15 is 0 Å². The van der Waals surface area contributed by atoms with E-state index in [0.29, 0.717) is 19.4 Å². The molecule has 2 unspecified atom stereocenters. The van der Waals surface area contributed by atoms with Gasteiger partial charge >= 0.3 is 0 Å². The van der Waals surface area contributed by atoms with E-state index < -0.39 is 22.2 Å². The minimum atomic E-state index is -3.36. The Morgan fingerprint density at radius 2 is 2.16 bits per heavy atom. The first-order chi connectivity index (χ1) is 8.86. The summed E-state index contributed by atoms with van der Waals surface area (Å²) in [6, 6.07) is -0.627. The molecule has 19 heavy (non-hydrogen) atoms. The van der Waals surface area contributed by atoms with Crippen LogP contribution in [0.4, 0.5) is 0 Å². The number of aliphatic hydroxyl groups excluding tert-OH is 1. The van der Waals surface area contributed by atoms with E-state index in [2.05, 4.69) is 5.32 Å². The first-order valence-electron chi connectivity index (χ1n) is 6.78. The minimum Gasteiger partial charge on any atom is -0.391 e. The van der Waals surface area contributed by atoms with Gasteiger partial charge in [0.1, 0.15) is 6.04 Å². The zero-order valence-corrected chi connectivity index (χ0v) is 12.4. The molecule has 112 valence electrons. The predicted octanol–water partition coefficient (Wildman–Crippen LogP) is 0.0777. The van der Waals surface area contributed by atoms with Gasteiger partial charge in [0.15, 0.2) is 0 Å². The average Bonchev–Trinajstić information content (AvgIpc) is 2.35. The third kappa shape index (κ3) is 5.08. The number of rotatable bonds is 6. The van der Waals surface area contributed by atoms with Gasteiger partial charge in [-0.05, 0) is 19.3 Å². The quantitative estimate of drug-likeness (QED) is 0.726. The van der Waals surface area contributed by atoms with E-state index in [-0.39, 0.29) is 12.5 Å². The molecule has 1 heterocycles. The molecule has 0 aromatic rings. The van der Waals surface area contributed by atoms with Crippen molar-refractivity contribution in [2.24, 2.45) is 0 Å². The van der Waals surface area contributed by atoms with Crippen molar-refractivity contribution in [3.05, 3.63) is 0 Å². The molecule has 1 rings (SSSR count). The molecule has 0 spiro atoms. The van der Waals surface area contributed by atoms with Crippen molar-refractivity contribution in [3.63, 3.8) is 0 Å². The van der Waals surface area contributed by atoms with Crippen molar-refractivity contribution >= 4 is 15.9 Å². The van der Waals surface area contributed by atoms with E-state index in [4.69, 9.17) is 0 Å². The molecule has 0 aromatic carbocycles. The lowest BCUT2D eigenvalue weighted by Gasteiger charge is -2.32. The Morgan fingerprint density at radius 3 is 2.74 bits per heavy atom. The molecule has 0 aromatic heterocycles. The fraction of sp³-hybridized carbons (Fsp3) is 0.917. The second-order valence-corrected chi connectivity index (χ2v) is 7.01. The van der Waals surface area contributed by atoms with Crippen molar-refractivity contribution in [2.45, 2.75) is 51.2 Å². The van der Waals surface area contributed by atoms with Gasteiger partial charge in [-0.3, -0.25) is 4.79 Å². The molecule has 1 fully saturated rings. The number of hydrogen-bond acceptors (Lipinski definition) is 4. The molecule has 6 nitrogen and oxygen atoms in total. The monoisotopic (exact) mass is 292 g/mol. The Bertz CT molecular complexity index is 397. The van der Waals surface area contributed by atoms with Crippen LogP contribution in [0.3, 0.4) is 0 Å². The van der Waals surface area contributed by atoms with Crippen LogP contribution in [-0.4, -0.2) is 55.2 Å². The molecule has 7 heteroatoms. The molecule has 1 aliphatic heterocycles. The Hall–Kier alpha value is -0.660. The number of nitrogens with zero attached hydrogens (tertiary/aromatic N) is 1. The third-order valence-electron chi connectivity index (χ3n) is 3.32. The maximum absolute atomic E-state index is 12.0. The normalized spacial score (nSPS) is 23.0. The van der Waals surface area contributed by atoms with E-state index in [1.807, 2.05) is 6.92 Å². The molecule has 1 saturated heterocycles. The number of sulfonamides is 1. The highest BCUT2D eigenvalue weighted by Gasteiger charge is 2.34. The number of nitrogens with one attached hydrogen (secondary N) is 1. The maximum atomic E-state index is 12.0. The van der Waals surface area contributed by atoms with Crippen LogP contribution in [0, 0.1) is 0 Å². The second kappa shape index (κ2) is 7.21. The predicted molar refractivity (Wildman–Crippen MR) is 73.1 cm³/mol. The maximum Gasteiger partial charge on any atom is 0.238 e. The highest BCUT2D eigenvalue weighted by atomic mass is 32.2. The fourth-order valence-corrected chi connectivity index (χ4v) is 3.46. The SMILES string of the molecule is CCCC(O)CNC(=O)C1CCCCN1S(C)(=O)=O. The summed E-state index contributed by atoms with van der Waals surface area (Å²) in [4.78, 5) is 12.0.